The molecule has 1 aromatic rings. The van der Waals surface area contributed by atoms with E-state index in [4.69, 9.17) is 0 Å². The van der Waals surface area contributed by atoms with Gasteiger partial charge in [0.25, 0.3) is 0 Å². The Morgan fingerprint density at radius 2 is 1.52 bits per heavy atom. The molecule has 0 amide bonds. The summed E-state index contributed by atoms with van der Waals surface area (Å²) < 4.78 is 0. The van der Waals surface area contributed by atoms with Gasteiger partial charge >= 0.3 is 0 Å². The highest BCUT2D eigenvalue weighted by atomic mass is 14.1. The summed E-state index contributed by atoms with van der Waals surface area (Å²) in [5, 5.41) is 0. The van der Waals surface area contributed by atoms with E-state index < -0.39 is 0 Å². The van der Waals surface area contributed by atoms with Crippen LogP contribution in [0.3, 0.4) is 0 Å². The molecule has 0 heterocycles. The molecule has 0 bridgehead atoms. The summed E-state index contributed by atoms with van der Waals surface area (Å²) in [6, 6.07) is 4.65. The first-order valence-electron chi connectivity index (χ1n) is 9.84. The number of rotatable bonds is 10. The van der Waals surface area contributed by atoms with E-state index in [1.54, 1.807) is 0 Å². The van der Waals surface area contributed by atoms with E-state index in [0.29, 0.717) is 0 Å². The third-order valence-electron chi connectivity index (χ3n) is 4.58. The van der Waals surface area contributed by atoms with Gasteiger partial charge in [0.15, 0.2) is 0 Å². The minimum Gasteiger partial charge on any atom is -0.0979 e. The first kappa shape index (κ1) is 19.8. The van der Waals surface area contributed by atoms with Gasteiger partial charge in [-0.05, 0) is 55.7 Å². The Kier molecular flexibility index (Phi) is 10.5. The topological polar surface area (TPSA) is 0 Å². The van der Waals surface area contributed by atoms with Crippen molar-refractivity contribution in [1.82, 2.24) is 0 Å². The molecule has 1 rings (SSSR count). The van der Waals surface area contributed by atoms with E-state index in [9.17, 15) is 0 Å². The van der Waals surface area contributed by atoms with Crippen molar-refractivity contribution >= 4 is 0 Å². The van der Waals surface area contributed by atoms with Gasteiger partial charge in [0.1, 0.15) is 0 Å². The van der Waals surface area contributed by atoms with Crippen LogP contribution in [0.5, 0.6) is 0 Å². The fourth-order valence-corrected chi connectivity index (χ4v) is 3.00. The largest absolute Gasteiger partial charge is 0.0979 e. The standard InChI is InChI=1S/C23H36/c1-5-8-11-13-15-21-19-18-20(4)22(16-10-7-3)23(21)17-14-12-9-6-2/h18-19H,5-13,15-16H2,1-4H3. The molecule has 0 aliphatic heterocycles. The zero-order chi connectivity index (χ0) is 16.9. The Labute approximate surface area is 145 Å². The third-order valence-corrected chi connectivity index (χ3v) is 4.58. The van der Waals surface area contributed by atoms with Gasteiger partial charge < -0.3 is 0 Å². The Morgan fingerprint density at radius 1 is 0.783 bits per heavy atom. The molecule has 0 saturated heterocycles. The zero-order valence-corrected chi connectivity index (χ0v) is 15.9. The van der Waals surface area contributed by atoms with E-state index in [2.05, 4.69) is 51.7 Å². The molecule has 128 valence electrons. The molecule has 0 unspecified atom stereocenters. The molecule has 0 atom stereocenters. The molecule has 1 aromatic carbocycles. The van der Waals surface area contributed by atoms with Crippen LogP contribution in [0.2, 0.25) is 0 Å². The smallest absolute Gasteiger partial charge is 0.0311 e. The number of aryl methyl sites for hydroxylation is 2. The van der Waals surface area contributed by atoms with E-state index in [1.165, 1.54) is 86.5 Å². The molecule has 0 fully saturated rings. The highest BCUT2D eigenvalue weighted by Gasteiger charge is 2.09. The maximum atomic E-state index is 3.56. The summed E-state index contributed by atoms with van der Waals surface area (Å²) in [5.41, 5.74) is 5.80. The van der Waals surface area contributed by atoms with Crippen molar-refractivity contribution in [1.29, 1.82) is 0 Å². The van der Waals surface area contributed by atoms with Gasteiger partial charge in [-0.2, -0.15) is 0 Å². The van der Waals surface area contributed by atoms with Crippen LogP contribution in [0.1, 0.15) is 101 Å². The zero-order valence-electron chi connectivity index (χ0n) is 15.9. The summed E-state index contributed by atoms with van der Waals surface area (Å²) in [6.07, 6.45) is 13.7. The summed E-state index contributed by atoms with van der Waals surface area (Å²) in [5.74, 6) is 7.00. The van der Waals surface area contributed by atoms with Crippen molar-refractivity contribution in [3.05, 3.63) is 34.4 Å². The number of hydrogen-bond donors (Lipinski definition) is 0. The maximum absolute atomic E-state index is 3.56. The van der Waals surface area contributed by atoms with E-state index in [-0.39, 0.29) is 0 Å². The first-order valence-corrected chi connectivity index (χ1v) is 9.84. The normalized spacial score (nSPS) is 10.4. The second-order valence-corrected chi connectivity index (χ2v) is 6.71. The number of benzene rings is 1. The SMILES string of the molecule is CCCCC#Cc1c(CCCCCC)ccc(C)c1CCCC. The van der Waals surface area contributed by atoms with Crippen LogP contribution in [0.15, 0.2) is 12.1 Å². The van der Waals surface area contributed by atoms with Crippen LogP contribution in [0.4, 0.5) is 0 Å². The maximum Gasteiger partial charge on any atom is 0.0311 e. The summed E-state index contributed by atoms with van der Waals surface area (Å²) in [7, 11) is 0. The van der Waals surface area contributed by atoms with Crippen LogP contribution >= 0.6 is 0 Å². The minimum atomic E-state index is 1.03. The van der Waals surface area contributed by atoms with Crippen molar-refractivity contribution in [3.63, 3.8) is 0 Å². The minimum absolute atomic E-state index is 1.03. The Hall–Kier alpha value is -1.22. The van der Waals surface area contributed by atoms with Crippen LogP contribution in [0, 0.1) is 18.8 Å². The Balaban J connectivity index is 2.98. The quantitative estimate of drug-likeness (QED) is 0.322. The molecule has 0 aromatic heterocycles. The molecule has 0 radical (unpaired) electrons. The van der Waals surface area contributed by atoms with Crippen molar-refractivity contribution < 1.29 is 0 Å². The van der Waals surface area contributed by atoms with E-state index in [0.717, 1.165) is 6.42 Å². The molecule has 23 heavy (non-hydrogen) atoms. The second kappa shape index (κ2) is 12.2. The fraction of sp³-hybridized carbons (Fsp3) is 0.652. The lowest BCUT2D eigenvalue weighted by Gasteiger charge is -2.14. The lowest BCUT2D eigenvalue weighted by molar-refractivity contribution is 0.665. The van der Waals surface area contributed by atoms with Crippen LogP contribution in [0.25, 0.3) is 0 Å². The molecule has 0 saturated carbocycles. The van der Waals surface area contributed by atoms with Crippen molar-refractivity contribution in [2.24, 2.45) is 0 Å². The molecular formula is C23H36. The predicted octanol–water partition coefficient (Wildman–Crippen LogP) is 7.00. The van der Waals surface area contributed by atoms with Crippen molar-refractivity contribution in [2.45, 2.75) is 98.3 Å². The van der Waals surface area contributed by atoms with Crippen molar-refractivity contribution in [3.8, 4) is 11.8 Å². The van der Waals surface area contributed by atoms with Crippen LogP contribution < -0.4 is 0 Å². The third kappa shape index (κ3) is 7.26. The predicted molar refractivity (Wildman–Crippen MR) is 104 cm³/mol. The monoisotopic (exact) mass is 312 g/mol. The lowest BCUT2D eigenvalue weighted by atomic mass is 9.90. The fourth-order valence-electron chi connectivity index (χ4n) is 3.00. The highest BCUT2D eigenvalue weighted by molar-refractivity contribution is 5.51. The average molecular weight is 313 g/mol. The van der Waals surface area contributed by atoms with E-state index >= 15 is 0 Å². The summed E-state index contributed by atoms with van der Waals surface area (Å²) >= 11 is 0. The van der Waals surface area contributed by atoms with Gasteiger partial charge in [-0.15, -0.1) is 0 Å². The molecule has 0 spiro atoms. The van der Waals surface area contributed by atoms with E-state index in [1.807, 2.05) is 0 Å². The van der Waals surface area contributed by atoms with Gasteiger partial charge in [0.05, 0.1) is 0 Å². The second-order valence-electron chi connectivity index (χ2n) is 6.71. The highest BCUT2D eigenvalue weighted by Crippen LogP contribution is 2.22. The lowest BCUT2D eigenvalue weighted by Crippen LogP contribution is -2.01. The van der Waals surface area contributed by atoms with Crippen molar-refractivity contribution in [2.75, 3.05) is 0 Å². The van der Waals surface area contributed by atoms with Gasteiger partial charge in [-0.25, -0.2) is 0 Å². The van der Waals surface area contributed by atoms with Gasteiger partial charge in [0.2, 0.25) is 0 Å². The summed E-state index contributed by atoms with van der Waals surface area (Å²) in [6.45, 7) is 9.04. The van der Waals surface area contributed by atoms with Gasteiger partial charge in [0, 0.05) is 12.0 Å². The van der Waals surface area contributed by atoms with Crippen LogP contribution in [-0.2, 0) is 12.8 Å². The van der Waals surface area contributed by atoms with Crippen LogP contribution in [-0.4, -0.2) is 0 Å². The summed E-state index contributed by atoms with van der Waals surface area (Å²) in [4.78, 5) is 0. The number of hydrogen-bond acceptors (Lipinski definition) is 0. The molecular weight excluding hydrogens is 276 g/mol. The average Bonchev–Trinajstić information content (AvgIpc) is 2.56. The molecule has 0 aliphatic carbocycles. The number of unbranched alkanes of at least 4 members (excludes halogenated alkanes) is 6. The first-order chi connectivity index (χ1) is 11.2. The molecule has 0 nitrogen and oxygen atoms in total. The van der Waals surface area contributed by atoms with Gasteiger partial charge in [-0.1, -0.05) is 76.8 Å². The Morgan fingerprint density at radius 3 is 2.22 bits per heavy atom. The Bertz CT molecular complexity index is 499. The van der Waals surface area contributed by atoms with Gasteiger partial charge in [-0.3, -0.25) is 0 Å². The molecule has 0 N–H and O–H groups in total. The molecule has 0 heteroatoms. The molecule has 0 aliphatic rings.